The van der Waals surface area contributed by atoms with Crippen LogP contribution in [-0.4, -0.2) is 24.5 Å². The van der Waals surface area contributed by atoms with Crippen molar-refractivity contribution in [1.29, 1.82) is 5.26 Å². The smallest absolute Gasteiger partial charge is 0.237 e. The van der Waals surface area contributed by atoms with Gasteiger partial charge in [0.15, 0.2) is 0 Å². The van der Waals surface area contributed by atoms with Crippen LogP contribution in [0.15, 0.2) is 0 Å². The second-order valence-electron chi connectivity index (χ2n) is 4.78. The first-order valence-corrected chi connectivity index (χ1v) is 6.24. The molecule has 2 N–H and O–H groups in total. The minimum atomic E-state index is -0.0762. The summed E-state index contributed by atoms with van der Waals surface area (Å²) in [5.74, 6) is 0.192. The third-order valence-electron chi connectivity index (χ3n) is 3.63. The van der Waals surface area contributed by atoms with E-state index in [0.29, 0.717) is 0 Å². The van der Waals surface area contributed by atoms with Crippen LogP contribution in [0.3, 0.4) is 0 Å². The first kappa shape index (κ1) is 11.4. The number of piperidine rings is 1. The minimum absolute atomic E-state index is 0.0762. The molecular formula is C12H19N3O. The van der Waals surface area contributed by atoms with E-state index in [2.05, 4.69) is 16.7 Å². The highest BCUT2D eigenvalue weighted by Crippen LogP contribution is 2.24. The van der Waals surface area contributed by atoms with Gasteiger partial charge >= 0.3 is 0 Å². The molecule has 0 bridgehead atoms. The third kappa shape index (κ3) is 2.53. The number of nitrogens with one attached hydrogen (secondary N) is 2. The zero-order chi connectivity index (χ0) is 11.4. The fraction of sp³-hybridized carbons (Fsp3) is 0.833. The first-order valence-electron chi connectivity index (χ1n) is 6.24. The molecule has 16 heavy (non-hydrogen) atoms. The molecule has 1 aliphatic carbocycles. The predicted molar refractivity (Wildman–Crippen MR) is 60.5 cm³/mol. The largest absolute Gasteiger partial charge is 0.355 e. The van der Waals surface area contributed by atoms with Gasteiger partial charge in [-0.05, 0) is 25.7 Å². The second-order valence-corrected chi connectivity index (χ2v) is 4.78. The molecule has 1 heterocycles. The Hall–Kier alpha value is -1.08. The lowest BCUT2D eigenvalue weighted by Gasteiger charge is -2.32. The average Bonchev–Trinajstić information content (AvgIpc) is 2.33. The zero-order valence-electron chi connectivity index (χ0n) is 9.54. The van der Waals surface area contributed by atoms with Crippen LogP contribution in [-0.2, 0) is 4.79 Å². The molecule has 1 aliphatic heterocycles. The lowest BCUT2D eigenvalue weighted by molar-refractivity contribution is -0.124. The van der Waals surface area contributed by atoms with Crippen molar-refractivity contribution in [1.82, 2.24) is 10.6 Å². The van der Waals surface area contributed by atoms with E-state index in [1.165, 1.54) is 6.42 Å². The van der Waals surface area contributed by atoms with Crippen LogP contribution < -0.4 is 10.6 Å². The minimum Gasteiger partial charge on any atom is -0.355 e. The van der Waals surface area contributed by atoms with Crippen LogP contribution in [0.4, 0.5) is 0 Å². The first-order chi connectivity index (χ1) is 7.81. The quantitative estimate of drug-likeness (QED) is 0.729. The van der Waals surface area contributed by atoms with E-state index in [1.54, 1.807) is 0 Å². The van der Waals surface area contributed by atoms with E-state index in [0.717, 1.165) is 38.6 Å². The molecule has 88 valence electrons. The van der Waals surface area contributed by atoms with E-state index in [4.69, 9.17) is 5.26 Å². The van der Waals surface area contributed by atoms with Crippen molar-refractivity contribution in [2.75, 3.05) is 6.54 Å². The molecule has 2 fully saturated rings. The van der Waals surface area contributed by atoms with Crippen molar-refractivity contribution in [2.24, 2.45) is 5.92 Å². The summed E-state index contributed by atoms with van der Waals surface area (Å²) in [7, 11) is 0. The molecular weight excluding hydrogens is 202 g/mol. The van der Waals surface area contributed by atoms with E-state index < -0.39 is 0 Å². The van der Waals surface area contributed by atoms with Gasteiger partial charge in [0.05, 0.1) is 18.0 Å². The Morgan fingerprint density at radius 2 is 2.06 bits per heavy atom. The van der Waals surface area contributed by atoms with E-state index in [-0.39, 0.29) is 23.9 Å². The van der Waals surface area contributed by atoms with Crippen LogP contribution in [0.2, 0.25) is 0 Å². The number of amides is 1. The number of rotatable bonds is 2. The van der Waals surface area contributed by atoms with Crippen LogP contribution in [0.1, 0.15) is 38.5 Å². The normalized spacial score (nSPS) is 35.2. The number of nitrogens with zero attached hydrogens (tertiary/aromatic N) is 1. The summed E-state index contributed by atoms with van der Waals surface area (Å²) in [4.78, 5) is 11.6. The Morgan fingerprint density at radius 3 is 2.81 bits per heavy atom. The molecule has 2 rings (SSSR count). The van der Waals surface area contributed by atoms with Gasteiger partial charge in [0.2, 0.25) is 5.91 Å². The molecule has 0 aromatic heterocycles. The zero-order valence-corrected chi connectivity index (χ0v) is 9.54. The predicted octanol–water partition coefficient (Wildman–Crippen LogP) is 0.937. The number of nitriles is 1. The Balaban J connectivity index is 1.91. The van der Waals surface area contributed by atoms with Crippen molar-refractivity contribution >= 4 is 5.91 Å². The Morgan fingerprint density at radius 1 is 1.25 bits per heavy atom. The maximum Gasteiger partial charge on any atom is 0.237 e. The molecule has 0 aromatic rings. The van der Waals surface area contributed by atoms with E-state index in [9.17, 15) is 4.79 Å². The number of carbonyl (C=O) groups is 1. The van der Waals surface area contributed by atoms with Gasteiger partial charge in [-0.3, -0.25) is 4.79 Å². The molecule has 3 unspecified atom stereocenters. The van der Waals surface area contributed by atoms with Crippen LogP contribution in [0.25, 0.3) is 0 Å². The SMILES string of the molecule is N#CC1CCCCC1NC1CCCNC1=O. The van der Waals surface area contributed by atoms with Gasteiger partial charge in [-0.2, -0.15) is 5.26 Å². The fourth-order valence-corrected chi connectivity index (χ4v) is 2.67. The second kappa shape index (κ2) is 5.31. The molecule has 1 saturated carbocycles. The monoisotopic (exact) mass is 221 g/mol. The van der Waals surface area contributed by atoms with Gasteiger partial charge in [0, 0.05) is 12.6 Å². The standard InChI is InChI=1S/C12H19N3O/c13-8-9-4-1-2-5-10(9)15-11-6-3-7-14-12(11)16/h9-11,15H,1-7H2,(H,14,16). The molecule has 0 radical (unpaired) electrons. The summed E-state index contributed by atoms with van der Waals surface area (Å²) >= 11 is 0. The fourth-order valence-electron chi connectivity index (χ4n) is 2.67. The highest BCUT2D eigenvalue weighted by Gasteiger charge is 2.30. The van der Waals surface area contributed by atoms with Crippen molar-refractivity contribution in [3.05, 3.63) is 0 Å². The highest BCUT2D eigenvalue weighted by molar-refractivity contribution is 5.82. The van der Waals surface area contributed by atoms with Gasteiger partial charge in [-0.1, -0.05) is 12.8 Å². The van der Waals surface area contributed by atoms with Gasteiger partial charge in [-0.25, -0.2) is 0 Å². The number of hydrogen-bond acceptors (Lipinski definition) is 3. The van der Waals surface area contributed by atoms with Gasteiger partial charge < -0.3 is 10.6 Å². The van der Waals surface area contributed by atoms with E-state index >= 15 is 0 Å². The highest BCUT2D eigenvalue weighted by atomic mass is 16.2. The van der Waals surface area contributed by atoms with Gasteiger partial charge in [0.1, 0.15) is 0 Å². The average molecular weight is 221 g/mol. The van der Waals surface area contributed by atoms with Crippen molar-refractivity contribution < 1.29 is 4.79 Å². The van der Waals surface area contributed by atoms with Gasteiger partial charge in [-0.15, -0.1) is 0 Å². The molecule has 0 spiro atoms. The Bertz CT molecular complexity index is 297. The van der Waals surface area contributed by atoms with Crippen LogP contribution in [0, 0.1) is 17.2 Å². The molecule has 4 heteroatoms. The van der Waals surface area contributed by atoms with Crippen molar-refractivity contribution in [3.8, 4) is 6.07 Å². The third-order valence-corrected chi connectivity index (χ3v) is 3.63. The maximum absolute atomic E-state index is 11.6. The number of carbonyl (C=O) groups excluding carboxylic acids is 1. The molecule has 1 amide bonds. The van der Waals surface area contributed by atoms with Crippen LogP contribution >= 0.6 is 0 Å². The molecule has 2 aliphatic rings. The maximum atomic E-state index is 11.6. The molecule has 0 aromatic carbocycles. The summed E-state index contributed by atoms with van der Waals surface area (Å²) in [5.41, 5.74) is 0. The Kier molecular flexibility index (Phi) is 3.79. The Labute approximate surface area is 96.4 Å². The summed E-state index contributed by atoms with van der Waals surface area (Å²) in [5, 5.41) is 15.3. The lowest BCUT2D eigenvalue weighted by Crippen LogP contribution is -2.53. The van der Waals surface area contributed by atoms with E-state index in [1.807, 2.05) is 0 Å². The van der Waals surface area contributed by atoms with Crippen molar-refractivity contribution in [2.45, 2.75) is 50.6 Å². The topological polar surface area (TPSA) is 64.9 Å². The van der Waals surface area contributed by atoms with Gasteiger partial charge in [0.25, 0.3) is 0 Å². The molecule has 4 nitrogen and oxygen atoms in total. The molecule has 1 saturated heterocycles. The summed E-state index contributed by atoms with van der Waals surface area (Å²) < 4.78 is 0. The number of hydrogen-bond donors (Lipinski definition) is 2. The van der Waals surface area contributed by atoms with Crippen molar-refractivity contribution in [3.63, 3.8) is 0 Å². The summed E-state index contributed by atoms with van der Waals surface area (Å²) in [6.45, 7) is 0.795. The van der Waals surface area contributed by atoms with Crippen LogP contribution in [0.5, 0.6) is 0 Å². The summed E-state index contributed by atoms with van der Waals surface area (Å²) in [6.07, 6.45) is 6.26. The lowest BCUT2D eigenvalue weighted by atomic mass is 9.84. The molecule has 3 atom stereocenters. The summed E-state index contributed by atoms with van der Waals surface area (Å²) in [6, 6.07) is 2.50.